The fraction of sp³-hybridized carbons (Fsp3) is 0.167. The highest BCUT2D eigenvalue weighted by Gasteiger charge is 2.16. The molecule has 0 aliphatic rings. The molecule has 0 unspecified atom stereocenters. The third kappa shape index (κ3) is 3.93. The van der Waals surface area contributed by atoms with Crippen molar-refractivity contribution in [1.82, 2.24) is 9.55 Å². The molecule has 124 valence electrons. The van der Waals surface area contributed by atoms with Gasteiger partial charge in [0, 0.05) is 11.6 Å². The Morgan fingerprint density at radius 2 is 1.75 bits per heavy atom. The quantitative estimate of drug-likeness (QED) is 0.733. The Kier molecular flexibility index (Phi) is 5.45. The lowest BCUT2D eigenvalue weighted by Gasteiger charge is -2.11. The molecule has 0 saturated heterocycles. The Morgan fingerprint density at radius 3 is 2.42 bits per heavy atom. The van der Waals surface area contributed by atoms with E-state index in [0.29, 0.717) is 28.2 Å². The van der Waals surface area contributed by atoms with E-state index in [9.17, 15) is 9.32 Å². The molecule has 6 heteroatoms. The molecular weight excluding hydrogens is 344 g/mol. The first kappa shape index (κ1) is 16.9. The van der Waals surface area contributed by atoms with Crippen molar-refractivity contribution in [3.63, 3.8) is 0 Å². The summed E-state index contributed by atoms with van der Waals surface area (Å²) in [4.78, 5) is 4.27. The largest absolute Gasteiger partial charge is 0.390 e. The number of halogens is 1. The predicted molar refractivity (Wildman–Crippen MR) is 95.3 cm³/mol. The molecule has 3 rings (SSSR count). The zero-order chi connectivity index (χ0) is 16.9. The molecule has 1 aromatic heterocycles. The lowest BCUT2D eigenvalue weighted by molar-refractivity contribution is 0.270. The molecule has 0 saturated carbocycles. The van der Waals surface area contributed by atoms with Crippen LogP contribution in [0, 0.1) is 0 Å². The minimum absolute atomic E-state index is 0.141. The number of nitrogens with zero attached hydrogens (tertiary/aromatic N) is 2. The third-order valence-corrected chi connectivity index (χ3v) is 5.24. The first-order valence-corrected chi connectivity index (χ1v) is 9.19. The molecule has 0 spiro atoms. The summed E-state index contributed by atoms with van der Waals surface area (Å²) in [6.07, 6.45) is 1.58. The number of aromatic nitrogens is 2. The van der Waals surface area contributed by atoms with Gasteiger partial charge in [0.25, 0.3) is 0 Å². The van der Waals surface area contributed by atoms with Gasteiger partial charge in [-0.1, -0.05) is 54.1 Å². The Morgan fingerprint density at radius 1 is 1.04 bits per heavy atom. The summed E-state index contributed by atoms with van der Waals surface area (Å²) in [7, 11) is -1.31. The van der Waals surface area contributed by atoms with Crippen molar-refractivity contribution in [3.05, 3.63) is 82.6 Å². The molecule has 0 amide bonds. The van der Waals surface area contributed by atoms with Crippen molar-refractivity contribution in [3.8, 4) is 0 Å². The summed E-state index contributed by atoms with van der Waals surface area (Å²) in [6.45, 7) is 0.385. The highest BCUT2D eigenvalue weighted by molar-refractivity contribution is 7.84. The van der Waals surface area contributed by atoms with Crippen molar-refractivity contribution in [1.29, 1.82) is 0 Å². The molecule has 1 heterocycles. The molecular formula is C18H17ClN2O2S. The minimum Gasteiger partial charge on any atom is -0.390 e. The van der Waals surface area contributed by atoms with Crippen LogP contribution in [0.15, 0.2) is 66.0 Å². The monoisotopic (exact) mass is 360 g/mol. The first-order chi connectivity index (χ1) is 11.7. The Hall–Kier alpha value is -1.95. The Balaban J connectivity index is 1.85. The smallest absolute Gasteiger partial charge is 0.199 e. The van der Waals surface area contributed by atoms with Gasteiger partial charge in [0.15, 0.2) is 5.16 Å². The van der Waals surface area contributed by atoms with Crippen LogP contribution in [0.5, 0.6) is 0 Å². The summed E-state index contributed by atoms with van der Waals surface area (Å²) >= 11 is 5.88. The van der Waals surface area contributed by atoms with Gasteiger partial charge in [-0.3, -0.25) is 4.21 Å². The molecule has 0 fully saturated rings. The molecule has 24 heavy (non-hydrogen) atoms. The zero-order valence-corrected chi connectivity index (χ0v) is 14.5. The van der Waals surface area contributed by atoms with Crippen molar-refractivity contribution < 1.29 is 9.32 Å². The Bertz CT molecular complexity index is 832. The fourth-order valence-corrected chi connectivity index (χ4v) is 3.78. The number of imidazole rings is 1. The normalized spacial score (nSPS) is 12.2. The number of hydrogen-bond donors (Lipinski definition) is 1. The van der Waals surface area contributed by atoms with Gasteiger partial charge >= 0.3 is 0 Å². The van der Waals surface area contributed by atoms with E-state index in [4.69, 9.17) is 11.6 Å². The van der Waals surface area contributed by atoms with Crippen LogP contribution in [0.4, 0.5) is 0 Å². The van der Waals surface area contributed by atoms with E-state index in [1.165, 1.54) is 0 Å². The van der Waals surface area contributed by atoms with Gasteiger partial charge in [-0.05, 0) is 23.3 Å². The first-order valence-electron chi connectivity index (χ1n) is 7.49. The van der Waals surface area contributed by atoms with Crippen LogP contribution < -0.4 is 0 Å². The molecule has 0 aliphatic heterocycles. The number of rotatable bonds is 6. The lowest BCUT2D eigenvalue weighted by Crippen LogP contribution is -2.11. The average molecular weight is 361 g/mol. The van der Waals surface area contributed by atoms with Crippen LogP contribution in [-0.2, 0) is 29.7 Å². The summed E-state index contributed by atoms with van der Waals surface area (Å²) in [5.41, 5.74) is 2.64. The summed E-state index contributed by atoms with van der Waals surface area (Å²) in [6, 6.07) is 17.1. The maximum absolute atomic E-state index is 12.8. The van der Waals surface area contributed by atoms with Crippen LogP contribution in [0.3, 0.4) is 0 Å². The van der Waals surface area contributed by atoms with Crippen LogP contribution in [0.2, 0.25) is 5.02 Å². The second-order valence-electron chi connectivity index (χ2n) is 5.38. The van der Waals surface area contributed by atoms with E-state index >= 15 is 0 Å². The minimum atomic E-state index is -1.31. The molecule has 0 radical (unpaired) electrons. The lowest BCUT2D eigenvalue weighted by atomic mass is 10.2. The molecule has 0 aliphatic carbocycles. The summed E-state index contributed by atoms with van der Waals surface area (Å²) < 4.78 is 14.6. The SMILES string of the molecule is O=[S@](Cc1ccc(Cl)cc1)c1ncc(CO)n1Cc1ccccc1. The van der Waals surface area contributed by atoms with Crippen molar-refractivity contribution >= 4 is 22.4 Å². The highest BCUT2D eigenvalue weighted by atomic mass is 35.5. The van der Waals surface area contributed by atoms with Crippen molar-refractivity contribution in [2.45, 2.75) is 24.1 Å². The van der Waals surface area contributed by atoms with E-state index in [1.54, 1.807) is 18.3 Å². The number of hydrogen-bond acceptors (Lipinski definition) is 3. The maximum atomic E-state index is 12.8. The van der Waals surface area contributed by atoms with Gasteiger partial charge in [0.2, 0.25) is 0 Å². The van der Waals surface area contributed by atoms with Gasteiger partial charge in [0.05, 0.1) is 35.1 Å². The predicted octanol–water partition coefficient (Wildman–Crippen LogP) is 3.38. The summed E-state index contributed by atoms with van der Waals surface area (Å²) in [5, 5.41) is 10.7. The van der Waals surface area contributed by atoms with Gasteiger partial charge in [0.1, 0.15) is 0 Å². The number of aliphatic hydroxyl groups excluding tert-OH is 1. The number of benzene rings is 2. The second kappa shape index (κ2) is 7.75. The Labute approximate surface area is 148 Å². The van der Waals surface area contributed by atoms with E-state index in [-0.39, 0.29) is 6.61 Å². The maximum Gasteiger partial charge on any atom is 0.199 e. The van der Waals surface area contributed by atoms with Crippen LogP contribution in [-0.4, -0.2) is 18.9 Å². The van der Waals surface area contributed by atoms with Crippen LogP contribution >= 0.6 is 11.6 Å². The molecule has 1 atom stereocenters. The zero-order valence-electron chi connectivity index (χ0n) is 12.9. The molecule has 3 aromatic rings. The standard InChI is InChI=1S/C18H17ClN2O2S/c19-16-8-6-15(7-9-16)13-24(23)18-20-10-17(12-22)21(18)11-14-4-2-1-3-5-14/h1-10,22H,11-13H2/t24-/m1/s1. The van der Waals surface area contributed by atoms with Crippen molar-refractivity contribution in [2.75, 3.05) is 0 Å². The topological polar surface area (TPSA) is 55.1 Å². The van der Waals surface area contributed by atoms with E-state index in [1.807, 2.05) is 47.0 Å². The van der Waals surface area contributed by atoms with Crippen molar-refractivity contribution in [2.24, 2.45) is 0 Å². The summed E-state index contributed by atoms with van der Waals surface area (Å²) in [5.74, 6) is 0.355. The van der Waals surface area contributed by atoms with Crippen LogP contribution in [0.1, 0.15) is 16.8 Å². The third-order valence-electron chi connectivity index (χ3n) is 3.66. The van der Waals surface area contributed by atoms with E-state index < -0.39 is 10.8 Å². The fourth-order valence-electron chi connectivity index (χ4n) is 2.43. The van der Waals surface area contributed by atoms with Crippen LogP contribution in [0.25, 0.3) is 0 Å². The van der Waals surface area contributed by atoms with Gasteiger partial charge in [-0.2, -0.15) is 0 Å². The van der Waals surface area contributed by atoms with Gasteiger partial charge in [-0.15, -0.1) is 0 Å². The highest BCUT2D eigenvalue weighted by Crippen LogP contribution is 2.17. The van der Waals surface area contributed by atoms with Gasteiger partial charge < -0.3 is 9.67 Å². The molecule has 0 bridgehead atoms. The average Bonchev–Trinajstić information content (AvgIpc) is 3.00. The second-order valence-corrected chi connectivity index (χ2v) is 7.16. The van der Waals surface area contributed by atoms with E-state index in [2.05, 4.69) is 4.98 Å². The van der Waals surface area contributed by atoms with E-state index in [0.717, 1.165) is 11.1 Å². The number of aliphatic hydroxyl groups is 1. The molecule has 1 N–H and O–H groups in total. The molecule has 2 aromatic carbocycles. The molecule has 4 nitrogen and oxygen atoms in total. The van der Waals surface area contributed by atoms with Gasteiger partial charge in [-0.25, -0.2) is 4.98 Å².